The number of amides is 1. The molecule has 2 rings (SSSR count). The Morgan fingerprint density at radius 3 is 3.05 bits per heavy atom. The Hall–Kier alpha value is -1.75. The normalized spacial score (nSPS) is 21.8. The van der Waals surface area contributed by atoms with Crippen molar-refractivity contribution < 1.29 is 19.4 Å². The van der Waals surface area contributed by atoms with Crippen molar-refractivity contribution >= 4 is 5.91 Å². The SMILES string of the molecule is COc1ccc(O)c(C(=O)NCCC2CCOC(C)C2)c1. The van der Waals surface area contributed by atoms with Crippen molar-refractivity contribution in [2.24, 2.45) is 5.92 Å². The van der Waals surface area contributed by atoms with Crippen molar-refractivity contribution in [1.82, 2.24) is 5.32 Å². The summed E-state index contributed by atoms with van der Waals surface area (Å²) < 4.78 is 10.6. The molecule has 0 spiro atoms. The van der Waals surface area contributed by atoms with E-state index < -0.39 is 0 Å². The van der Waals surface area contributed by atoms with E-state index in [1.165, 1.54) is 13.2 Å². The number of phenols is 1. The Labute approximate surface area is 125 Å². The number of benzene rings is 1. The van der Waals surface area contributed by atoms with E-state index in [0.29, 0.717) is 24.3 Å². The van der Waals surface area contributed by atoms with E-state index in [-0.39, 0.29) is 17.2 Å². The summed E-state index contributed by atoms with van der Waals surface area (Å²) in [7, 11) is 1.53. The summed E-state index contributed by atoms with van der Waals surface area (Å²) in [4.78, 5) is 12.1. The van der Waals surface area contributed by atoms with Gasteiger partial charge in [0.05, 0.1) is 18.8 Å². The number of hydrogen-bond donors (Lipinski definition) is 2. The number of aromatic hydroxyl groups is 1. The number of hydrogen-bond acceptors (Lipinski definition) is 4. The van der Waals surface area contributed by atoms with Crippen LogP contribution in [0.15, 0.2) is 18.2 Å². The number of nitrogens with one attached hydrogen (secondary N) is 1. The molecule has 1 amide bonds. The van der Waals surface area contributed by atoms with Crippen LogP contribution in [0.25, 0.3) is 0 Å². The monoisotopic (exact) mass is 293 g/mol. The van der Waals surface area contributed by atoms with Crippen molar-refractivity contribution in [3.8, 4) is 11.5 Å². The van der Waals surface area contributed by atoms with Gasteiger partial charge in [0.2, 0.25) is 0 Å². The van der Waals surface area contributed by atoms with Crippen LogP contribution in [0.2, 0.25) is 0 Å². The maximum Gasteiger partial charge on any atom is 0.255 e. The van der Waals surface area contributed by atoms with Crippen LogP contribution in [-0.2, 0) is 4.74 Å². The van der Waals surface area contributed by atoms with Crippen LogP contribution in [0, 0.1) is 5.92 Å². The first-order valence-electron chi connectivity index (χ1n) is 7.37. The fourth-order valence-corrected chi connectivity index (χ4v) is 2.66. The molecule has 21 heavy (non-hydrogen) atoms. The number of methoxy groups -OCH3 is 1. The van der Waals surface area contributed by atoms with Crippen LogP contribution in [0.1, 0.15) is 36.5 Å². The summed E-state index contributed by atoms with van der Waals surface area (Å²) in [6, 6.07) is 4.63. The van der Waals surface area contributed by atoms with Crippen LogP contribution < -0.4 is 10.1 Å². The highest BCUT2D eigenvalue weighted by molar-refractivity contribution is 5.97. The first kappa shape index (κ1) is 15.6. The van der Waals surface area contributed by atoms with E-state index in [2.05, 4.69) is 12.2 Å². The van der Waals surface area contributed by atoms with Gasteiger partial charge in [-0.05, 0) is 50.3 Å². The zero-order chi connectivity index (χ0) is 15.2. The van der Waals surface area contributed by atoms with Crippen molar-refractivity contribution in [2.45, 2.75) is 32.3 Å². The molecule has 0 aliphatic carbocycles. The second-order valence-electron chi connectivity index (χ2n) is 5.50. The molecule has 0 saturated carbocycles. The molecule has 1 aliphatic rings. The Kier molecular flexibility index (Phi) is 5.44. The minimum atomic E-state index is -0.272. The van der Waals surface area contributed by atoms with Crippen LogP contribution in [-0.4, -0.2) is 37.4 Å². The van der Waals surface area contributed by atoms with Gasteiger partial charge < -0.3 is 19.9 Å². The molecule has 0 aromatic heterocycles. The first-order chi connectivity index (χ1) is 10.1. The first-order valence-corrected chi connectivity index (χ1v) is 7.37. The average Bonchev–Trinajstić information content (AvgIpc) is 2.47. The number of rotatable bonds is 5. The van der Waals surface area contributed by atoms with Gasteiger partial charge in [-0.2, -0.15) is 0 Å². The number of phenolic OH excluding ortho intramolecular Hbond substituents is 1. The van der Waals surface area contributed by atoms with E-state index in [1.807, 2.05) is 0 Å². The maximum absolute atomic E-state index is 12.1. The summed E-state index contributed by atoms with van der Waals surface area (Å²) in [6.07, 6.45) is 3.33. The molecule has 1 fully saturated rings. The summed E-state index contributed by atoms with van der Waals surface area (Å²) >= 11 is 0. The van der Waals surface area contributed by atoms with Gasteiger partial charge in [0.25, 0.3) is 5.91 Å². The van der Waals surface area contributed by atoms with E-state index in [4.69, 9.17) is 9.47 Å². The van der Waals surface area contributed by atoms with Gasteiger partial charge in [-0.1, -0.05) is 0 Å². The molecule has 1 saturated heterocycles. The third-order valence-electron chi connectivity index (χ3n) is 3.88. The van der Waals surface area contributed by atoms with E-state index in [0.717, 1.165) is 25.9 Å². The highest BCUT2D eigenvalue weighted by atomic mass is 16.5. The lowest BCUT2D eigenvalue weighted by atomic mass is 9.93. The molecular formula is C16H23NO4. The summed E-state index contributed by atoms with van der Waals surface area (Å²) in [5, 5.41) is 12.6. The minimum absolute atomic E-state index is 0.0343. The van der Waals surface area contributed by atoms with Crippen molar-refractivity contribution in [1.29, 1.82) is 0 Å². The number of ether oxygens (including phenoxy) is 2. The van der Waals surface area contributed by atoms with Crippen molar-refractivity contribution in [3.05, 3.63) is 23.8 Å². The maximum atomic E-state index is 12.1. The molecule has 116 valence electrons. The second kappa shape index (κ2) is 7.31. The molecule has 2 unspecified atom stereocenters. The molecule has 1 aliphatic heterocycles. The van der Waals surface area contributed by atoms with Crippen LogP contribution in [0.4, 0.5) is 0 Å². The zero-order valence-electron chi connectivity index (χ0n) is 12.6. The fourth-order valence-electron chi connectivity index (χ4n) is 2.66. The largest absolute Gasteiger partial charge is 0.507 e. The zero-order valence-corrected chi connectivity index (χ0v) is 12.6. The fraction of sp³-hybridized carbons (Fsp3) is 0.562. The Bertz CT molecular complexity index is 489. The van der Waals surface area contributed by atoms with Crippen molar-refractivity contribution in [3.63, 3.8) is 0 Å². The summed E-state index contributed by atoms with van der Waals surface area (Å²) in [5.41, 5.74) is 0.245. The molecule has 0 bridgehead atoms. The molecule has 2 atom stereocenters. The van der Waals surface area contributed by atoms with E-state index >= 15 is 0 Å². The van der Waals surface area contributed by atoms with Crippen LogP contribution in [0.5, 0.6) is 11.5 Å². The summed E-state index contributed by atoms with van der Waals surface area (Å²) in [6.45, 7) is 3.49. The van der Waals surface area contributed by atoms with Crippen LogP contribution in [0.3, 0.4) is 0 Å². The smallest absolute Gasteiger partial charge is 0.255 e. The average molecular weight is 293 g/mol. The minimum Gasteiger partial charge on any atom is -0.507 e. The molecule has 2 N–H and O–H groups in total. The molecule has 1 aromatic carbocycles. The van der Waals surface area contributed by atoms with Gasteiger partial charge in [-0.3, -0.25) is 4.79 Å². The van der Waals surface area contributed by atoms with Crippen molar-refractivity contribution in [2.75, 3.05) is 20.3 Å². The lowest BCUT2D eigenvalue weighted by molar-refractivity contribution is 0.00109. The predicted octanol–water partition coefficient (Wildman–Crippen LogP) is 2.34. The second-order valence-corrected chi connectivity index (χ2v) is 5.50. The van der Waals surface area contributed by atoms with Gasteiger partial charge in [-0.25, -0.2) is 0 Å². The topological polar surface area (TPSA) is 67.8 Å². The molecule has 5 nitrogen and oxygen atoms in total. The predicted molar refractivity (Wildman–Crippen MR) is 79.7 cm³/mol. The highest BCUT2D eigenvalue weighted by Gasteiger charge is 2.19. The molecule has 5 heteroatoms. The van der Waals surface area contributed by atoms with E-state index in [9.17, 15) is 9.90 Å². The summed E-state index contributed by atoms with van der Waals surface area (Å²) in [5.74, 6) is 0.837. The van der Waals surface area contributed by atoms with Gasteiger partial charge >= 0.3 is 0 Å². The van der Waals surface area contributed by atoms with Gasteiger partial charge in [-0.15, -0.1) is 0 Å². The molecule has 1 aromatic rings. The standard InChI is InChI=1S/C16H23NO4/c1-11-9-12(6-8-21-11)5-7-17-16(19)14-10-13(20-2)3-4-15(14)18/h3-4,10-12,18H,5-9H2,1-2H3,(H,17,19). The Morgan fingerprint density at radius 1 is 1.52 bits per heavy atom. The van der Waals surface area contributed by atoms with Gasteiger partial charge in [0.1, 0.15) is 11.5 Å². The lowest BCUT2D eigenvalue weighted by Crippen LogP contribution is -2.29. The van der Waals surface area contributed by atoms with Gasteiger partial charge in [0.15, 0.2) is 0 Å². The number of carbonyl (C=O) groups excluding carboxylic acids is 1. The third-order valence-corrected chi connectivity index (χ3v) is 3.88. The quantitative estimate of drug-likeness (QED) is 0.874. The highest BCUT2D eigenvalue weighted by Crippen LogP contribution is 2.24. The van der Waals surface area contributed by atoms with Gasteiger partial charge in [0, 0.05) is 13.2 Å². The Balaban J connectivity index is 1.84. The van der Waals surface area contributed by atoms with E-state index in [1.54, 1.807) is 12.1 Å². The lowest BCUT2D eigenvalue weighted by Gasteiger charge is -2.27. The Morgan fingerprint density at radius 2 is 2.33 bits per heavy atom. The third kappa shape index (κ3) is 4.36. The molecule has 0 radical (unpaired) electrons. The molecular weight excluding hydrogens is 270 g/mol. The number of carbonyl (C=O) groups is 1. The van der Waals surface area contributed by atoms with Crippen LogP contribution >= 0.6 is 0 Å². The molecule has 1 heterocycles.